The Morgan fingerprint density at radius 2 is 1.87 bits per heavy atom. The molecule has 1 saturated heterocycles. The number of amides is 1. The van der Waals surface area contributed by atoms with Gasteiger partial charge in [0.15, 0.2) is 16.6 Å². The molecule has 0 saturated carbocycles. The number of carbonyl (C=O) groups excluding carboxylic acids is 2. The average molecular weight is 542 g/mol. The van der Waals surface area contributed by atoms with Gasteiger partial charge in [-0.1, -0.05) is 36.1 Å². The van der Waals surface area contributed by atoms with Crippen LogP contribution in [0.3, 0.4) is 0 Å². The summed E-state index contributed by atoms with van der Waals surface area (Å²) in [7, 11) is 0. The van der Waals surface area contributed by atoms with Crippen molar-refractivity contribution in [2.75, 3.05) is 18.1 Å². The molecule has 4 aromatic rings. The van der Waals surface area contributed by atoms with Gasteiger partial charge in [-0.15, -0.1) is 0 Å². The lowest BCUT2D eigenvalue weighted by Crippen LogP contribution is -2.29. The molecule has 2 aromatic carbocycles. The van der Waals surface area contributed by atoms with E-state index >= 15 is 0 Å². The lowest BCUT2D eigenvalue weighted by atomic mass is 9.95. The molecule has 198 valence electrons. The SMILES string of the molecule is C=CCOc1ccc(C2/C(=C(\O)c3ccncc3)C(=O)C(=O)N2c2nc3c(C)cc(C)cc3s2)cc1OCC. The summed E-state index contributed by atoms with van der Waals surface area (Å²) < 4.78 is 12.5. The summed E-state index contributed by atoms with van der Waals surface area (Å²) in [6, 6.07) is 11.5. The standard InChI is InChI=1S/C30H27N3O5S/c1-5-13-38-21-8-7-20(16-22(21)37-6-2)26-24(27(34)19-9-11-31-12-10-19)28(35)29(36)33(26)30-32-25-18(4)14-17(3)15-23(25)39-30/h5,7-12,14-16,26,34H,1,6,13H2,2-4H3/b27-24+. The summed E-state index contributed by atoms with van der Waals surface area (Å²) in [4.78, 5) is 37.3. The van der Waals surface area contributed by atoms with Gasteiger partial charge in [-0.05, 0) is 67.8 Å². The molecule has 5 rings (SSSR count). The van der Waals surface area contributed by atoms with Gasteiger partial charge in [-0.2, -0.15) is 0 Å². The highest BCUT2D eigenvalue weighted by molar-refractivity contribution is 7.22. The Morgan fingerprint density at radius 1 is 1.10 bits per heavy atom. The summed E-state index contributed by atoms with van der Waals surface area (Å²) in [5.74, 6) is -0.915. The maximum absolute atomic E-state index is 13.6. The van der Waals surface area contributed by atoms with Crippen LogP contribution in [0.2, 0.25) is 0 Å². The van der Waals surface area contributed by atoms with E-state index in [0.29, 0.717) is 34.4 Å². The fourth-order valence-corrected chi connectivity index (χ4v) is 5.87. The summed E-state index contributed by atoms with van der Waals surface area (Å²) in [6.45, 7) is 10.2. The van der Waals surface area contributed by atoms with Crippen LogP contribution in [0.5, 0.6) is 11.5 Å². The molecule has 1 atom stereocenters. The molecule has 0 aliphatic carbocycles. The average Bonchev–Trinajstić information content (AvgIpc) is 3.46. The van der Waals surface area contributed by atoms with Gasteiger partial charge < -0.3 is 14.6 Å². The van der Waals surface area contributed by atoms with E-state index in [1.54, 1.807) is 36.4 Å². The molecule has 0 bridgehead atoms. The van der Waals surface area contributed by atoms with Crippen molar-refractivity contribution in [2.45, 2.75) is 26.8 Å². The monoisotopic (exact) mass is 541 g/mol. The fraction of sp³-hybridized carbons (Fsp3) is 0.200. The number of ether oxygens (including phenoxy) is 2. The Kier molecular flexibility index (Phi) is 7.17. The lowest BCUT2D eigenvalue weighted by Gasteiger charge is -2.24. The second-order valence-electron chi connectivity index (χ2n) is 9.07. The highest BCUT2D eigenvalue weighted by atomic mass is 32.1. The van der Waals surface area contributed by atoms with Gasteiger partial charge in [0.2, 0.25) is 0 Å². The quantitative estimate of drug-likeness (QED) is 0.128. The molecule has 1 aliphatic heterocycles. The molecular weight excluding hydrogens is 514 g/mol. The van der Waals surface area contributed by atoms with Crippen molar-refractivity contribution in [3.63, 3.8) is 0 Å². The van der Waals surface area contributed by atoms with Gasteiger partial charge in [-0.25, -0.2) is 4.98 Å². The van der Waals surface area contributed by atoms with Crippen molar-refractivity contribution in [1.29, 1.82) is 0 Å². The van der Waals surface area contributed by atoms with Crippen molar-refractivity contribution < 1.29 is 24.2 Å². The number of rotatable bonds is 8. The summed E-state index contributed by atoms with van der Waals surface area (Å²) in [5.41, 5.74) is 3.70. The van der Waals surface area contributed by atoms with Gasteiger partial charge in [0.05, 0.1) is 28.4 Å². The Morgan fingerprint density at radius 3 is 2.59 bits per heavy atom. The first-order valence-electron chi connectivity index (χ1n) is 12.4. The van der Waals surface area contributed by atoms with Crippen LogP contribution in [0.4, 0.5) is 5.13 Å². The first kappa shape index (κ1) is 26.1. The summed E-state index contributed by atoms with van der Waals surface area (Å²) in [6.07, 6.45) is 4.65. The number of nitrogens with zero attached hydrogens (tertiary/aromatic N) is 3. The molecule has 39 heavy (non-hydrogen) atoms. The van der Waals surface area contributed by atoms with Crippen LogP contribution < -0.4 is 14.4 Å². The number of ketones is 1. The minimum absolute atomic E-state index is 0.0411. The molecule has 1 unspecified atom stereocenters. The van der Waals surface area contributed by atoms with E-state index in [2.05, 4.69) is 11.6 Å². The number of hydrogen-bond acceptors (Lipinski definition) is 8. The number of pyridine rings is 1. The van der Waals surface area contributed by atoms with Gasteiger partial charge in [0.1, 0.15) is 12.4 Å². The number of aryl methyl sites for hydroxylation is 2. The van der Waals surface area contributed by atoms with E-state index in [9.17, 15) is 14.7 Å². The first-order valence-corrected chi connectivity index (χ1v) is 13.2. The Labute approximate surface area is 229 Å². The number of Topliss-reactive ketones (excluding diaryl/α,β-unsaturated/α-hetero) is 1. The van der Waals surface area contributed by atoms with Crippen LogP contribution >= 0.6 is 11.3 Å². The molecule has 2 aromatic heterocycles. The lowest BCUT2D eigenvalue weighted by molar-refractivity contribution is -0.132. The second kappa shape index (κ2) is 10.7. The van der Waals surface area contributed by atoms with E-state index in [-0.39, 0.29) is 17.9 Å². The molecule has 1 fully saturated rings. The molecular formula is C30H27N3O5S. The molecule has 9 heteroatoms. The van der Waals surface area contributed by atoms with Crippen molar-refractivity contribution in [3.8, 4) is 11.5 Å². The molecule has 1 aliphatic rings. The molecule has 0 radical (unpaired) electrons. The zero-order valence-electron chi connectivity index (χ0n) is 21.8. The van der Waals surface area contributed by atoms with Gasteiger partial charge in [0, 0.05) is 18.0 Å². The van der Waals surface area contributed by atoms with Gasteiger partial charge in [0.25, 0.3) is 5.78 Å². The Bertz CT molecular complexity index is 1630. The number of hydrogen-bond donors (Lipinski definition) is 1. The predicted molar refractivity (Wildman–Crippen MR) is 151 cm³/mol. The van der Waals surface area contributed by atoms with Crippen LogP contribution in [0, 0.1) is 13.8 Å². The Balaban J connectivity index is 1.73. The Hall–Kier alpha value is -4.50. The summed E-state index contributed by atoms with van der Waals surface area (Å²) in [5, 5.41) is 11.7. The van der Waals surface area contributed by atoms with E-state index < -0.39 is 17.7 Å². The minimum atomic E-state index is -0.951. The minimum Gasteiger partial charge on any atom is -0.507 e. The first-order chi connectivity index (χ1) is 18.8. The van der Waals surface area contributed by atoms with Crippen LogP contribution in [-0.4, -0.2) is 40.0 Å². The van der Waals surface area contributed by atoms with Crippen LogP contribution in [-0.2, 0) is 9.59 Å². The number of fused-ring (bicyclic) bond motifs is 1. The normalized spacial score (nSPS) is 16.6. The third-order valence-electron chi connectivity index (χ3n) is 6.36. The maximum Gasteiger partial charge on any atom is 0.301 e. The molecule has 3 heterocycles. The zero-order chi connectivity index (χ0) is 27.7. The van der Waals surface area contributed by atoms with E-state index in [1.165, 1.54) is 28.6 Å². The fourth-order valence-electron chi connectivity index (χ4n) is 4.70. The molecule has 0 spiro atoms. The van der Waals surface area contributed by atoms with Crippen molar-refractivity contribution in [3.05, 3.63) is 95.3 Å². The van der Waals surface area contributed by atoms with Gasteiger partial charge >= 0.3 is 5.91 Å². The van der Waals surface area contributed by atoms with Crippen LogP contribution in [0.25, 0.3) is 16.0 Å². The number of anilines is 1. The smallest absolute Gasteiger partial charge is 0.301 e. The molecule has 1 amide bonds. The highest BCUT2D eigenvalue weighted by Gasteiger charge is 2.48. The number of aliphatic hydroxyl groups is 1. The number of aromatic nitrogens is 2. The number of thiazole rings is 1. The highest BCUT2D eigenvalue weighted by Crippen LogP contribution is 2.46. The third kappa shape index (κ3) is 4.77. The van der Waals surface area contributed by atoms with Gasteiger partial charge in [-0.3, -0.25) is 19.5 Å². The number of carbonyl (C=O) groups is 2. The number of aliphatic hydroxyl groups excluding tert-OH is 1. The zero-order valence-corrected chi connectivity index (χ0v) is 22.6. The van der Waals surface area contributed by atoms with Crippen molar-refractivity contribution in [2.24, 2.45) is 0 Å². The van der Waals surface area contributed by atoms with Crippen LogP contribution in [0.15, 0.2) is 73.1 Å². The molecule has 8 nitrogen and oxygen atoms in total. The maximum atomic E-state index is 13.6. The molecule has 1 N–H and O–H groups in total. The second-order valence-corrected chi connectivity index (χ2v) is 10.1. The van der Waals surface area contributed by atoms with E-state index in [0.717, 1.165) is 21.3 Å². The largest absolute Gasteiger partial charge is 0.507 e. The third-order valence-corrected chi connectivity index (χ3v) is 7.36. The summed E-state index contributed by atoms with van der Waals surface area (Å²) >= 11 is 1.33. The van der Waals surface area contributed by atoms with Crippen molar-refractivity contribution in [1.82, 2.24) is 9.97 Å². The van der Waals surface area contributed by atoms with E-state index in [1.807, 2.05) is 32.9 Å². The van der Waals surface area contributed by atoms with E-state index in [4.69, 9.17) is 14.5 Å². The van der Waals surface area contributed by atoms with Crippen molar-refractivity contribution >= 4 is 44.1 Å². The van der Waals surface area contributed by atoms with Crippen LogP contribution in [0.1, 0.15) is 35.2 Å². The predicted octanol–water partition coefficient (Wildman–Crippen LogP) is 5.90. The topological polar surface area (TPSA) is 102 Å². The number of benzene rings is 2.